The Kier molecular flexibility index (Phi) is 4.07. The van der Waals surface area contributed by atoms with Gasteiger partial charge in [0.15, 0.2) is 5.69 Å². The molecule has 2 aromatic heterocycles. The van der Waals surface area contributed by atoms with Gasteiger partial charge >= 0.3 is 5.97 Å². The molecule has 0 amide bonds. The highest BCUT2D eigenvalue weighted by Crippen LogP contribution is 2.27. The number of esters is 1. The Morgan fingerprint density at radius 1 is 1.21 bits per heavy atom. The molecule has 0 aliphatic heterocycles. The van der Waals surface area contributed by atoms with E-state index in [4.69, 9.17) is 9.47 Å². The quantitative estimate of drug-likeness (QED) is 0.788. The maximum absolute atomic E-state index is 11.6. The van der Waals surface area contributed by atoms with Crippen LogP contribution in [0.15, 0.2) is 36.7 Å². The second-order valence-corrected chi connectivity index (χ2v) is 3.71. The largest absolute Gasteiger partial charge is 0.481 e. The molecule has 98 valence electrons. The van der Waals surface area contributed by atoms with Crippen molar-refractivity contribution >= 4 is 5.97 Å². The number of hydrogen-bond acceptors (Lipinski definition) is 5. The molecule has 0 aliphatic rings. The van der Waals surface area contributed by atoms with Gasteiger partial charge in [-0.1, -0.05) is 0 Å². The van der Waals surface area contributed by atoms with Crippen LogP contribution in [0.1, 0.15) is 17.4 Å². The maximum atomic E-state index is 11.6. The third-order valence-corrected chi connectivity index (χ3v) is 2.53. The fourth-order valence-electron chi connectivity index (χ4n) is 1.67. The molecule has 0 N–H and O–H groups in total. The van der Waals surface area contributed by atoms with E-state index in [1.54, 1.807) is 31.5 Å². The van der Waals surface area contributed by atoms with Gasteiger partial charge in [-0.05, 0) is 36.8 Å². The van der Waals surface area contributed by atoms with E-state index in [-0.39, 0.29) is 5.69 Å². The van der Waals surface area contributed by atoms with E-state index in [9.17, 15) is 4.79 Å². The number of pyridine rings is 2. The van der Waals surface area contributed by atoms with Crippen molar-refractivity contribution in [2.75, 3.05) is 13.7 Å². The van der Waals surface area contributed by atoms with Crippen LogP contribution in [0.25, 0.3) is 11.1 Å². The van der Waals surface area contributed by atoms with Crippen molar-refractivity contribution in [3.05, 3.63) is 42.4 Å². The monoisotopic (exact) mass is 258 g/mol. The Hall–Kier alpha value is -2.43. The highest BCUT2D eigenvalue weighted by molar-refractivity contribution is 5.88. The van der Waals surface area contributed by atoms with Crippen molar-refractivity contribution in [1.82, 2.24) is 9.97 Å². The van der Waals surface area contributed by atoms with Gasteiger partial charge in [0.1, 0.15) is 0 Å². The molecule has 2 aromatic rings. The summed E-state index contributed by atoms with van der Waals surface area (Å²) in [7, 11) is 1.52. The fraction of sp³-hybridized carbons (Fsp3) is 0.214. The summed E-state index contributed by atoms with van der Waals surface area (Å²) in [5.74, 6) is -0.0705. The van der Waals surface area contributed by atoms with Crippen LogP contribution in [0.2, 0.25) is 0 Å². The Balaban J connectivity index is 2.40. The van der Waals surface area contributed by atoms with E-state index in [1.165, 1.54) is 7.11 Å². The molecule has 0 unspecified atom stereocenters. The predicted molar refractivity (Wildman–Crippen MR) is 70.0 cm³/mol. The summed E-state index contributed by atoms with van der Waals surface area (Å²) in [6.45, 7) is 2.06. The lowest BCUT2D eigenvalue weighted by Gasteiger charge is -2.09. The molecule has 0 aromatic carbocycles. The molecule has 0 fully saturated rings. The van der Waals surface area contributed by atoms with E-state index in [1.807, 2.05) is 12.1 Å². The van der Waals surface area contributed by atoms with Crippen LogP contribution in [0, 0.1) is 0 Å². The van der Waals surface area contributed by atoms with Crippen LogP contribution < -0.4 is 4.74 Å². The SMILES string of the molecule is CCOC(=O)c1ccc(-c2ccncc2)c(OC)n1. The zero-order valence-electron chi connectivity index (χ0n) is 10.8. The molecule has 0 atom stereocenters. The van der Waals surface area contributed by atoms with Gasteiger partial charge in [0.25, 0.3) is 0 Å². The Morgan fingerprint density at radius 3 is 2.58 bits per heavy atom. The average Bonchev–Trinajstić information content (AvgIpc) is 2.47. The lowest BCUT2D eigenvalue weighted by Crippen LogP contribution is -2.08. The fourth-order valence-corrected chi connectivity index (χ4v) is 1.67. The zero-order chi connectivity index (χ0) is 13.7. The molecular formula is C14H14N2O3. The molecule has 0 aliphatic carbocycles. The first-order chi connectivity index (χ1) is 9.26. The highest BCUT2D eigenvalue weighted by Gasteiger charge is 2.13. The smallest absolute Gasteiger partial charge is 0.357 e. The van der Waals surface area contributed by atoms with E-state index >= 15 is 0 Å². The molecule has 0 radical (unpaired) electrons. The molecule has 2 rings (SSSR count). The van der Waals surface area contributed by atoms with Gasteiger partial charge in [0.2, 0.25) is 5.88 Å². The van der Waals surface area contributed by atoms with Crippen molar-refractivity contribution in [3.8, 4) is 17.0 Å². The van der Waals surface area contributed by atoms with Crippen molar-refractivity contribution in [1.29, 1.82) is 0 Å². The summed E-state index contributed by atoms with van der Waals surface area (Å²) < 4.78 is 10.1. The number of hydrogen-bond donors (Lipinski definition) is 0. The second kappa shape index (κ2) is 5.95. The van der Waals surface area contributed by atoms with Gasteiger partial charge in [-0.3, -0.25) is 4.98 Å². The van der Waals surface area contributed by atoms with Crippen molar-refractivity contribution in [2.24, 2.45) is 0 Å². The lowest BCUT2D eigenvalue weighted by atomic mass is 10.1. The third kappa shape index (κ3) is 2.88. The molecule has 5 heteroatoms. The van der Waals surface area contributed by atoms with E-state index in [0.29, 0.717) is 12.5 Å². The van der Waals surface area contributed by atoms with Gasteiger partial charge in [-0.15, -0.1) is 0 Å². The highest BCUT2D eigenvalue weighted by atomic mass is 16.5. The molecule has 2 heterocycles. The maximum Gasteiger partial charge on any atom is 0.357 e. The summed E-state index contributed by atoms with van der Waals surface area (Å²) in [4.78, 5) is 19.7. The molecule has 0 saturated carbocycles. The summed E-state index contributed by atoms with van der Waals surface area (Å²) >= 11 is 0. The Morgan fingerprint density at radius 2 is 1.95 bits per heavy atom. The van der Waals surface area contributed by atoms with Gasteiger partial charge in [-0.2, -0.15) is 0 Å². The Labute approximate surface area is 111 Å². The van der Waals surface area contributed by atoms with Gasteiger partial charge < -0.3 is 9.47 Å². The minimum absolute atomic E-state index is 0.233. The van der Waals surface area contributed by atoms with Gasteiger partial charge in [0, 0.05) is 18.0 Å². The van der Waals surface area contributed by atoms with Crippen molar-refractivity contribution in [2.45, 2.75) is 6.92 Å². The van der Waals surface area contributed by atoms with E-state index < -0.39 is 5.97 Å². The third-order valence-electron chi connectivity index (χ3n) is 2.53. The van der Waals surface area contributed by atoms with Gasteiger partial charge in [0.05, 0.1) is 13.7 Å². The van der Waals surface area contributed by atoms with Crippen molar-refractivity contribution in [3.63, 3.8) is 0 Å². The molecular weight excluding hydrogens is 244 g/mol. The first-order valence-corrected chi connectivity index (χ1v) is 5.88. The Bertz CT molecular complexity index is 570. The average molecular weight is 258 g/mol. The first-order valence-electron chi connectivity index (χ1n) is 5.88. The van der Waals surface area contributed by atoms with Crippen LogP contribution in [-0.2, 0) is 4.74 Å². The van der Waals surface area contributed by atoms with Gasteiger partial charge in [-0.25, -0.2) is 9.78 Å². The number of rotatable bonds is 4. The normalized spacial score (nSPS) is 10.0. The minimum atomic E-state index is -0.456. The number of methoxy groups -OCH3 is 1. The molecule has 19 heavy (non-hydrogen) atoms. The number of carbonyl (C=O) groups excluding carboxylic acids is 1. The summed E-state index contributed by atoms with van der Waals surface area (Å²) in [6, 6.07) is 7.11. The molecule has 0 saturated heterocycles. The number of aromatic nitrogens is 2. The lowest BCUT2D eigenvalue weighted by molar-refractivity contribution is 0.0518. The molecule has 0 spiro atoms. The van der Waals surface area contributed by atoms with E-state index in [0.717, 1.165) is 11.1 Å². The molecule has 0 bridgehead atoms. The van der Waals surface area contributed by atoms with Crippen LogP contribution in [0.4, 0.5) is 0 Å². The zero-order valence-corrected chi connectivity index (χ0v) is 10.8. The van der Waals surface area contributed by atoms with E-state index in [2.05, 4.69) is 9.97 Å². The topological polar surface area (TPSA) is 61.3 Å². The number of nitrogens with zero attached hydrogens (tertiary/aromatic N) is 2. The minimum Gasteiger partial charge on any atom is -0.481 e. The number of ether oxygens (including phenoxy) is 2. The van der Waals surface area contributed by atoms with Crippen LogP contribution >= 0.6 is 0 Å². The number of carbonyl (C=O) groups is 1. The standard InChI is InChI=1S/C14H14N2O3/c1-3-19-14(17)12-5-4-11(13(16-12)18-2)10-6-8-15-9-7-10/h4-9H,3H2,1-2H3. The van der Waals surface area contributed by atoms with Crippen molar-refractivity contribution < 1.29 is 14.3 Å². The predicted octanol–water partition coefficient (Wildman–Crippen LogP) is 2.33. The summed E-state index contributed by atoms with van der Waals surface area (Å²) in [5, 5.41) is 0. The summed E-state index contributed by atoms with van der Waals surface area (Å²) in [5.41, 5.74) is 1.96. The summed E-state index contributed by atoms with van der Waals surface area (Å²) in [6.07, 6.45) is 3.38. The molecule has 5 nitrogen and oxygen atoms in total. The first kappa shape index (κ1) is 13.0. The van der Waals surface area contributed by atoms with Crippen LogP contribution in [-0.4, -0.2) is 29.7 Å². The second-order valence-electron chi connectivity index (χ2n) is 3.71. The van der Waals surface area contributed by atoms with Crippen LogP contribution in [0.5, 0.6) is 5.88 Å². The van der Waals surface area contributed by atoms with Crippen LogP contribution in [0.3, 0.4) is 0 Å².